The summed E-state index contributed by atoms with van der Waals surface area (Å²) in [5, 5.41) is 4.61. The van der Waals surface area contributed by atoms with Gasteiger partial charge in [-0.1, -0.05) is 41.4 Å². The van der Waals surface area contributed by atoms with E-state index in [9.17, 15) is 8.42 Å². The summed E-state index contributed by atoms with van der Waals surface area (Å²) in [6, 6.07) is 12.7. The van der Waals surface area contributed by atoms with Crippen molar-refractivity contribution >= 4 is 50.4 Å². The molecule has 0 aliphatic heterocycles. The van der Waals surface area contributed by atoms with Crippen LogP contribution in [0.3, 0.4) is 0 Å². The monoisotopic (exact) mass is 447 g/mol. The molecule has 0 bridgehead atoms. The van der Waals surface area contributed by atoms with Gasteiger partial charge in [-0.05, 0) is 31.2 Å². The molecular formula is C19H15Cl2N5O2S. The standard InChI is InChI=1S/C19H15Cl2N5O2S/c1-11-18(19(22)26-17(24-11)8-9-23-26)13-7-6-12(10-15(13)21)25-29(27,28)16-5-3-2-4-14(16)20/h2-10,25H,22H2,1H3. The van der Waals surface area contributed by atoms with Crippen molar-refractivity contribution in [2.75, 3.05) is 10.5 Å². The van der Waals surface area contributed by atoms with Crippen LogP contribution in [0.2, 0.25) is 10.0 Å². The van der Waals surface area contributed by atoms with E-state index in [1.807, 2.05) is 6.92 Å². The molecule has 0 saturated heterocycles. The third-order valence-electron chi connectivity index (χ3n) is 4.37. The summed E-state index contributed by atoms with van der Waals surface area (Å²) in [4.78, 5) is 4.46. The number of rotatable bonds is 4. The number of nitrogen functional groups attached to an aromatic ring is 1. The Labute approximate surface area is 177 Å². The maximum Gasteiger partial charge on any atom is 0.263 e. The van der Waals surface area contributed by atoms with E-state index in [2.05, 4.69) is 14.8 Å². The molecule has 2 aromatic carbocycles. The molecule has 29 heavy (non-hydrogen) atoms. The number of aromatic nitrogens is 3. The van der Waals surface area contributed by atoms with Crippen molar-refractivity contribution < 1.29 is 8.42 Å². The Balaban J connectivity index is 1.74. The Morgan fingerprint density at radius 1 is 1.07 bits per heavy atom. The minimum Gasteiger partial charge on any atom is -0.383 e. The number of halogens is 2. The molecule has 2 heterocycles. The van der Waals surface area contributed by atoms with Crippen LogP contribution in [0.4, 0.5) is 11.5 Å². The number of nitrogens with two attached hydrogens (primary N) is 1. The SMILES string of the molecule is Cc1nc2ccnn2c(N)c1-c1ccc(NS(=O)(=O)c2ccccc2Cl)cc1Cl. The molecule has 4 aromatic rings. The summed E-state index contributed by atoms with van der Waals surface area (Å²) in [6.45, 7) is 1.82. The van der Waals surface area contributed by atoms with Crippen molar-refractivity contribution in [2.24, 2.45) is 0 Å². The summed E-state index contributed by atoms with van der Waals surface area (Å²) in [6.07, 6.45) is 1.61. The molecule has 0 unspecified atom stereocenters. The molecule has 3 N–H and O–H groups in total. The summed E-state index contributed by atoms with van der Waals surface area (Å²) in [5.41, 5.74) is 9.13. The number of sulfonamides is 1. The number of nitrogens with zero attached hydrogens (tertiary/aromatic N) is 3. The molecule has 4 rings (SSSR count). The number of nitrogens with one attached hydrogen (secondary N) is 1. The van der Waals surface area contributed by atoms with Gasteiger partial charge in [0.15, 0.2) is 5.65 Å². The van der Waals surface area contributed by atoms with E-state index < -0.39 is 10.0 Å². The zero-order chi connectivity index (χ0) is 20.8. The number of benzene rings is 2. The minimum absolute atomic E-state index is 0.0183. The third-order valence-corrected chi connectivity index (χ3v) is 6.56. The molecular weight excluding hydrogens is 433 g/mol. The Kier molecular flexibility index (Phi) is 4.85. The fourth-order valence-corrected chi connectivity index (χ4v) is 4.92. The zero-order valence-electron chi connectivity index (χ0n) is 15.1. The van der Waals surface area contributed by atoms with Gasteiger partial charge in [0.2, 0.25) is 0 Å². The van der Waals surface area contributed by atoms with Crippen molar-refractivity contribution in [1.29, 1.82) is 0 Å². The summed E-state index contributed by atoms with van der Waals surface area (Å²) in [7, 11) is -3.87. The van der Waals surface area contributed by atoms with Crippen molar-refractivity contribution in [3.05, 3.63) is 70.5 Å². The van der Waals surface area contributed by atoms with E-state index in [4.69, 9.17) is 28.9 Å². The van der Waals surface area contributed by atoms with Crippen LogP contribution in [0.1, 0.15) is 5.69 Å². The fraction of sp³-hybridized carbons (Fsp3) is 0.0526. The summed E-state index contributed by atoms with van der Waals surface area (Å²) in [5.74, 6) is 0.392. The smallest absolute Gasteiger partial charge is 0.263 e. The number of anilines is 2. The topological polar surface area (TPSA) is 102 Å². The minimum atomic E-state index is -3.87. The molecule has 0 amide bonds. The predicted molar refractivity (Wildman–Crippen MR) is 115 cm³/mol. The van der Waals surface area contributed by atoms with Crippen molar-refractivity contribution in [1.82, 2.24) is 14.6 Å². The van der Waals surface area contributed by atoms with Crippen molar-refractivity contribution in [3.63, 3.8) is 0 Å². The van der Waals surface area contributed by atoms with Crippen LogP contribution in [0.5, 0.6) is 0 Å². The molecule has 0 aliphatic carbocycles. The Bertz CT molecular complexity index is 1350. The zero-order valence-corrected chi connectivity index (χ0v) is 17.4. The van der Waals surface area contributed by atoms with Crippen LogP contribution < -0.4 is 10.5 Å². The molecule has 148 valence electrons. The van der Waals surface area contributed by atoms with Crippen LogP contribution in [-0.4, -0.2) is 23.0 Å². The van der Waals surface area contributed by atoms with Gasteiger partial charge in [0.05, 0.1) is 27.6 Å². The van der Waals surface area contributed by atoms with Crippen LogP contribution in [0, 0.1) is 6.92 Å². The van der Waals surface area contributed by atoms with Crippen LogP contribution in [0.25, 0.3) is 16.8 Å². The lowest BCUT2D eigenvalue weighted by Gasteiger charge is -2.14. The first-order chi connectivity index (χ1) is 13.8. The van der Waals surface area contributed by atoms with E-state index in [1.54, 1.807) is 36.5 Å². The number of aryl methyl sites for hydroxylation is 1. The fourth-order valence-electron chi connectivity index (χ4n) is 3.07. The normalized spacial score (nSPS) is 11.7. The van der Waals surface area contributed by atoms with Gasteiger partial charge < -0.3 is 5.73 Å². The lowest BCUT2D eigenvalue weighted by molar-refractivity contribution is 0.601. The Morgan fingerprint density at radius 2 is 1.83 bits per heavy atom. The van der Waals surface area contributed by atoms with E-state index in [0.29, 0.717) is 39.0 Å². The second-order valence-corrected chi connectivity index (χ2v) is 8.75. The first kappa shape index (κ1) is 19.5. The highest BCUT2D eigenvalue weighted by Crippen LogP contribution is 2.36. The van der Waals surface area contributed by atoms with E-state index in [1.165, 1.54) is 22.7 Å². The number of fused-ring (bicyclic) bond motifs is 1. The van der Waals surface area contributed by atoms with Gasteiger partial charge in [-0.2, -0.15) is 9.61 Å². The van der Waals surface area contributed by atoms with Gasteiger partial charge in [-0.15, -0.1) is 0 Å². The lowest BCUT2D eigenvalue weighted by Crippen LogP contribution is -2.13. The Morgan fingerprint density at radius 3 is 2.55 bits per heavy atom. The third kappa shape index (κ3) is 3.50. The number of hydrogen-bond donors (Lipinski definition) is 2. The second-order valence-electron chi connectivity index (χ2n) is 6.29. The highest BCUT2D eigenvalue weighted by molar-refractivity contribution is 7.92. The molecule has 0 fully saturated rings. The average molecular weight is 448 g/mol. The molecule has 0 aliphatic rings. The van der Waals surface area contributed by atoms with Gasteiger partial charge in [-0.3, -0.25) is 4.72 Å². The lowest BCUT2D eigenvalue weighted by atomic mass is 10.0. The van der Waals surface area contributed by atoms with E-state index in [-0.39, 0.29) is 9.92 Å². The van der Waals surface area contributed by atoms with Gasteiger partial charge in [-0.25, -0.2) is 13.4 Å². The summed E-state index contributed by atoms with van der Waals surface area (Å²) >= 11 is 12.5. The molecule has 10 heteroatoms. The van der Waals surface area contributed by atoms with Crippen LogP contribution in [0.15, 0.2) is 59.6 Å². The average Bonchev–Trinajstić information content (AvgIpc) is 3.12. The maximum atomic E-state index is 12.6. The van der Waals surface area contributed by atoms with E-state index in [0.717, 1.165) is 0 Å². The van der Waals surface area contributed by atoms with Gasteiger partial charge in [0, 0.05) is 17.2 Å². The highest BCUT2D eigenvalue weighted by atomic mass is 35.5. The highest BCUT2D eigenvalue weighted by Gasteiger charge is 2.20. The Hall–Kier alpha value is -2.81. The van der Waals surface area contributed by atoms with E-state index >= 15 is 0 Å². The molecule has 2 aromatic heterocycles. The second kappa shape index (κ2) is 7.22. The van der Waals surface area contributed by atoms with Crippen LogP contribution in [-0.2, 0) is 10.0 Å². The van der Waals surface area contributed by atoms with Crippen molar-refractivity contribution in [2.45, 2.75) is 11.8 Å². The summed E-state index contributed by atoms with van der Waals surface area (Å²) < 4.78 is 29.3. The largest absolute Gasteiger partial charge is 0.383 e. The molecule has 0 radical (unpaired) electrons. The predicted octanol–water partition coefficient (Wildman–Crippen LogP) is 4.39. The first-order valence-electron chi connectivity index (χ1n) is 8.45. The van der Waals surface area contributed by atoms with Gasteiger partial charge >= 0.3 is 0 Å². The quantitative estimate of drug-likeness (QED) is 0.482. The number of hydrogen-bond acceptors (Lipinski definition) is 5. The molecule has 0 spiro atoms. The molecule has 7 nitrogen and oxygen atoms in total. The van der Waals surface area contributed by atoms with Crippen molar-refractivity contribution in [3.8, 4) is 11.1 Å². The van der Waals surface area contributed by atoms with Gasteiger partial charge in [0.25, 0.3) is 10.0 Å². The molecule has 0 saturated carbocycles. The maximum absolute atomic E-state index is 12.6. The van der Waals surface area contributed by atoms with Gasteiger partial charge in [0.1, 0.15) is 10.7 Å². The van der Waals surface area contributed by atoms with Crippen LogP contribution >= 0.6 is 23.2 Å². The first-order valence-corrected chi connectivity index (χ1v) is 10.7. The molecule has 0 atom stereocenters.